The van der Waals surface area contributed by atoms with Gasteiger partial charge in [0.1, 0.15) is 0 Å². The predicted molar refractivity (Wildman–Crippen MR) is 134 cm³/mol. The maximum Gasteiger partial charge on any atom is 0.389 e. The molecule has 0 radical (unpaired) electrons. The number of halogens is 2. The van der Waals surface area contributed by atoms with Crippen LogP contribution < -0.4 is 15.0 Å². The number of ether oxygens (including phenoxy) is 1. The van der Waals surface area contributed by atoms with Crippen LogP contribution in [0.4, 0.5) is 19.3 Å². The Bertz CT molecular complexity index is 945. The van der Waals surface area contributed by atoms with Crippen LogP contribution in [0.3, 0.4) is 0 Å². The molecule has 1 aromatic carbocycles. The van der Waals surface area contributed by atoms with Crippen molar-refractivity contribution in [3.05, 3.63) is 48.3 Å². The number of likely N-dealkylation sites (tertiary alicyclic amines) is 1. The minimum absolute atomic E-state index is 0.0213. The highest BCUT2D eigenvalue weighted by molar-refractivity contribution is 5.75. The van der Waals surface area contributed by atoms with E-state index in [1.54, 1.807) is 0 Å². The van der Waals surface area contributed by atoms with Crippen LogP contribution in [-0.2, 0) is 6.54 Å². The number of carbonyl (C=O) groups is 1. The van der Waals surface area contributed by atoms with E-state index in [1.807, 2.05) is 18.7 Å². The molecule has 2 aliphatic heterocycles. The maximum absolute atomic E-state index is 13.0. The van der Waals surface area contributed by atoms with Gasteiger partial charge in [-0.3, -0.25) is 4.90 Å². The largest absolute Gasteiger partial charge is 0.401 e. The summed E-state index contributed by atoms with van der Waals surface area (Å²) in [6.45, 7) is 6.18. The average Bonchev–Trinajstić information content (AvgIpc) is 2.85. The average molecular weight is 503 g/mol. The molecule has 196 valence electrons. The van der Waals surface area contributed by atoms with Gasteiger partial charge in [0.15, 0.2) is 0 Å². The number of anilines is 1. The Morgan fingerprint density at radius 3 is 2.33 bits per heavy atom. The number of rotatable bonds is 8. The van der Waals surface area contributed by atoms with Crippen LogP contribution in [0.5, 0.6) is 6.01 Å². The van der Waals surface area contributed by atoms with E-state index in [-0.39, 0.29) is 24.1 Å². The van der Waals surface area contributed by atoms with Crippen molar-refractivity contribution < 1.29 is 18.3 Å². The lowest BCUT2D eigenvalue weighted by atomic mass is 9.93. The molecule has 1 aromatic heterocycles. The molecule has 0 aliphatic carbocycles. The van der Waals surface area contributed by atoms with Crippen molar-refractivity contribution in [1.29, 1.82) is 0 Å². The number of urea groups is 1. The highest BCUT2D eigenvalue weighted by Crippen LogP contribution is 2.24. The van der Waals surface area contributed by atoms with Crippen LogP contribution in [0.15, 0.2) is 42.7 Å². The molecular weight excluding hydrogens is 466 g/mol. The van der Waals surface area contributed by atoms with Crippen molar-refractivity contribution in [3.8, 4) is 6.01 Å². The Morgan fingerprint density at radius 2 is 1.72 bits per heavy atom. The molecule has 0 spiro atoms. The number of aromatic nitrogens is 2. The minimum atomic E-state index is -2.95. The molecule has 8 nitrogen and oxygen atoms in total. The summed E-state index contributed by atoms with van der Waals surface area (Å²) < 4.78 is 28.9. The van der Waals surface area contributed by atoms with Crippen molar-refractivity contribution in [2.75, 3.05) is 37.6 Å². The highest BCUT2D eigenvalue weighted by atomic mass is 19.3. The third kappa shape index (κ3) is 7.02. The molecule has 2 amide bonds. The van der Waals surface area contributed by atoms with Crippen molar-refractivity contribution in [2.45, 2.75) is 58.3 Å². The van der Waals surface area contributed by atoms with Crippen LogP contribution in [0.2, 0.25) is 0 Å². The van der Waals surface area contributed by atoms with Crippen LogP contribution in [0.25, 0.3) is 0 Å². The van der Waals surface area contributed by atoms with E-state index in [1.165, 1.54) is 18.0 Å². The Hall–Kier alpha value is -3.01. The van der Waals surface area contributed by atoms with Gasteiger partial charge in [0.2, 0.25) is 0 Å². The normalized spacial score (nSPS) is 21.6. The molecular formula is C26H36F2N6O2. The first-order valence-corrected chi connectivity index (χ1v) is 12.7. The van der Waals surface area contributed by atoms with E-state index in [0.29, 0.717) is 31.2 Å². The van der Waals surface area contributed by atoms with E-state index in [9.17, 15) is 13.6 Å². The fourth-order valence-electron chi connectivity index (χ4n) is 5.30. The Kier molecular flexibility index (Phi) is 8.90. The molecule has 2 saturated heterocycles. The number of piperazine rings is 1. The summed E-state index contributed by atoms with van der Waals surface area (Å²) in [5, 5.41) is 3.13. The fraction of sp³-hybridized carbons (Fsp3) is 0.577. The van der Waals surface area contributed by atoms with Gasteiger partial charge in [-0.05, 0) is 57.7 Å². The summed E-state index contributed by atoms with van der Waals surface area (Å²) in [5.74, 6) is 0.640. The Balaban J connectivity index is 1.18. The smallest absolute Gasteiger partial charge is 0.389 e. The molecule has 1 N–H and O–H groups in total. The molecule has 2 aromatic rings. The lowest BCUT2D eigenvalue weighted by molar-refractivity contribution is -0.0560. The lowest BCUT2D eigenvalue weighted by Gasteiger charge is -2.45. The first kappa shape index (κ1) is 26.1. The van der Waals surface area contributed by atoms with Crippen molar-refractivity contribution in [3.63, 3.8) is 0 Å². The van der Waals surface area contributed by atoms with Crippen molar-refractivity contribution in [1.82, 2.24) is 25.1 Å². The summed E-state index contributed by atoms with van der Waals surface area (Å²) >= 11 is 0. The monoisotopic (exact) mass is 502 g/mol. The number of nitrogens with zero attached hydrogens (tertiary/aromatic N) is 5. The molecule has 2 atom stereocenters. The van der Waals surface area contributed by atoms with Gasteiger partial charge >= 0.3 is 18.7 Å². The van der Waals surface area contributed by atoms with Gasteiger partial charge in [-0.1, -0.05) is 30.3 Å². The minimum Gasteiger partial charge on any atom is -0.401 e. The van der Waals surface area contributed by atoms with Crippen LogP contribution in [0.1, 0.15) is 38.7 Å². The molecule has 10 heteroatoms. The SMILES string of the molecule is C[C@@H]1CN(c2cnc(OC(F)F)nc2)C[C@@H](C)N1C(=O)NCCC1CCN(Cc2ccccc2)CC1. The van der Waals surface area contributed by atoms with Gasteiger partial charge in [0.05, 0.1) is 18.1 Å². The molecule has 4 rings (SSSR count). The number of carbonyl (C=O) groups excluding carboxylic acids is 1. The van der Waals surface area contributed by atoms with Crippen LogP contribution in [-0.4, -0.2) is 77.2 Å². The third-order valence-corrected chi connectivity index (χ3v) is 7.11. The molecule has 3 heterocycles. The summed E-state index contributed by atoms with van der Waals surface area (Å²) in [5.41, 5.74) is 2.07. The Labute approximate surface area is 211 Å². The van der Waals surface area contributed by atoms with E-state index in [2.05, 4.69) is 60.2 Å². The zero-order valence-electron chi connectivity index (χ0n) is 21.0. The second kappa shape index (κ2) is 12.3. The van der Waals surface area contributed by atoms with Gasteiger partial charge in [-0.2, -0.15) is 8.78 Å². The molecule has 0 bridgehead atoms. The lowest BCUT2D eigenvalue weighted by Crippen LogP contribution is -2.61. The summed E-state index contributed by atoms with van der Waals surface area (Å²) in [6.07, 6.45) is 6.28. The molecule has 0 unspecified atom stereocenters. The highest BCUT2D eigenvalue weighted by Gasteiger charge is 2.33. The quantitative estimate of drug-likeness (QED) is 0.589. The standard InChI is InChI=1S/C26H36F2N6O2/c1-19-16-33(23-14-30-25(31-15-23)36-24(27)28)17-20(2)34(19)26(35)29-11-8-21-9-12-32(13-10-21)18-22-6-4-3-5-7-22/h3-7,14-15,19-21,24H,8-13,16-18H2,1-2H3,(H,29,35)/t19-,20-/m1/s1. The van der Waals surface area contributed by atoms with E-state index in [0.717, 1.165) is 38.9 Å². The summed E-state index contributed by atoms with van der Waals surface area (Å²) in [6, 6.07) is 10.2. The van der Waals surface area contributed by atoms with Gasteiger partial charge < -0.3 is 19.9 Å². The van der Waals surface area contributed by atoms with Gasteiger partial charge in [0, 0.05) is 38.3 Å². The van der Waals surface area contributed by atoms with Gasteiger partial charge in [-0.25, -0.2) is 14.8 Å². The van der Waals surface area contributed by atoms with Crippen molar-refractivity contribution >= 4 is 11.7 Å². The number of alkyl halides is 2. The number of benzene rings is 1. The number of hydrogen-bond acceptors (Lipinski definition) is 6. The van der Waals surface area contributed by atoms with E-state index in [4.69, 9.17) is 0 Å². The molecule has 2 aliphatic rings. The molecule has 2 fully saturated rings. The van der Waals surface area contributed by atoms with Crippen LogP contribution in [0, 0.1) is 5.92 Å². The summed E-state index contributed by atoms with van der Waals surface area (Å²) in [4.78, 5) is 27.2. The molecule has 0 saturated carbocycles. The zero-order valence-corrected chi connectivity index (χ0v) is 21.0. The van der Waals surface area contributed by atoms with Crippen molar-refractivity contribution in [2.24, 2.45) is 5.92 Å². The fourth-order valence-corrected chi connectivity index (χ4v) is 5.30. The second-order valence-electron chi connectivity index (χ2n) is 9.84. The molecule has 36 heavy (non-hydrogen) atoms. The number of piperidine rings is 1. The third-order valence-electron chi connectivity index (χ3n) is 7.11. The maximum atomic E-state index is 13.0. The van der Waals surface area contributed by atoms with Gasteiger partial charge in [-0.15, -0.1) is 0 Å². The first-order valence-electron chi connectivity index (χ1n) is 12.7. The number of hydrogen-bond donors (Lipinski definition) is 1. The zero-order chi connectivity index (χ0) is 25.5. The van der Waals surface area contributed by atoms with Gasteiger partial charge in [0.25, 0.3) is 0 Å². The Morgan fingerprint density at radius 1 is 1.08 bits per heavy atom. The predicted octanol–water partition coefficient (Wildman–Crippen LogP) is 3.99. The van der Waals surface area contributed by atoms with E-state index < -0.39 is 6.61 Å². The summed E-state index contributed by atoms with van der Waals surface area (Å²) in [7, 11) is 0. The number of amides is 2. The second-order valence-corrected chi connectivity index (χ2v) is 9.84. The van der Waals surface area contributed by atoms with Crippen LogP contribution >= 0.6 is 0 Å². The topological polar surface area (TPSA) is 73.8 Å². The first-order chi connectivity index (χ1) is 17.4. The van der Waals surface area contributed by atoms with E-state index >= 15 is 0 Å². The number of nitrogens with one attached hydrogen (secondary N) is 1.